The van der Waals surface area contributed by atoms with Gasteiger partial charge in [-0.1, -0.05) is 30.3 Å². The maximum atomic E-state index is 12.2. The average Bonchev–Trinajstić information content (AvgIpc) is 3.14. The standard InChI is InChI=1S/C20H24N4O4/c1-23(2)14-21-17-10-11-24(20(26)22-17)18-9-8-16(28-18)13-27-19(25)12-15-6-4-3-5-7-15/h3-7,10-11,14,16,18H,8-9,12-13H2,1-2H3/b21-14+/t16-,18+/m0/s1. The molecular formula is C20H24N4O4. The first kappa shape index (κ1) is 19.8. The van der Waals surface area contributed by atoms with Crippen LogP contribution in [0.25, 0.3) is 0 Å². The van der Waals surface area contributed by atoms with E-state index in [0.29, 0.717) is 18.7 Å². The zero-order valence-corrected chi connectivity index (χ0v) is 16.0. The van der Waals surface area contributed by atoms with Gasteiger partial charge in [0.15, 0.2) is 5.82 Å². The van der Waals surface area contributed by atoms with Crippen LogP contribution in [0.2, 0.25) is 0 Å². The van der Waals surface area contributed by atoms with Gasteiger partial charge >= 0.3 is 11.7 Å². The van der Waals surface area contributed by atoms with Crippen molar-refractivity contribution in [2.24, 2.45) is 4.99 Å². The van der Waals surface area contributed by atoms with Gasteiger partial charge < -0.3 is 14.4 Å². The van der Waals surface area contributed by atoms with E-state index in [9.17, 15) is 9.59 Å². The molecule has 1 aromatic heterocycles. The number of esters is 1. The summed E-state index contributed by atoms with van der Waals surface area (Å²) in [4.78, 5) is 34.0. The smallest absolute Gasteiger partial charge is 0.351 e. The first-order chi connectivity index (χ1) is 13.5. The van der Waals surface area contributed by atoms with E-state index in [0.717, 1.165) is 5.56 Å². The molecule has 1 aromatic carbocycles. The molecular weight excluding hydrogens is 360 g/mol. The summed E-state index contributed by atoms with van der Waals surface area (Å²) >= 11 is 0. The monoisotopic (exact) mass is 384 g/mol. The van der Waals surface area contributed by atoms with Crippen molar-refractivity contribution in [1.29, 1.82) is 0 Å². The van der Waals surface area contributed by atoms with Crippen molar-refractivity contribution in [1.82, 2.24) is 14.5 Å². The molecule has 3 rings (SSSR count). The first-order valence-corrected chi connectivity index (χ1v) is 9.16. The van der Waals surface area contributed by atoms with Gasteiger partial charge in [0.25, 0.3) is 0 Å². The first-order valence-electron chi connectivity index (χ1n) is 9.16. The Labute approximate surface area is 163 Å². The third-order valence-electron chi connectivity index (χ3n) is 4.25. The van der Waals surface area contributed by atoms with E-state index < -0.39 is 11.9 Å². The summed E-state index contributed by atoms with van der Waals surface area (Å²) in [5, 5.41) is 0. The number of hydrogen-bond acceptors (Lipinski definition) is 6. The van der Waals surface area contributed by atoms with Crippen molar-refractivity contribution in [3.8, 4) is 0 Å². The van der Waals surface area contributed by atoms with Gasteiger partial charge in [0.2, 0.25) is 0 Å². The molecule has 0 unspecified atom stereocenters. The Morgan fingerprint density at radius 2 is 2.11 bits per heavy atom. The lowest BCUT2D eigenvalue weighted by molar-refractivity contribution is -0.147. The normalized spacial score (nSPS) is 19.1. The Hall–Kier alpha value is -3.00. The molecule has 148 valence electrons. The molecule has 0 saturated carbocycles. The molecule has 2 aromatic rings. The maximum absolute atomic E-state index is 12.2. The average molecular weight is 384 g/mol. The third-order valence-corrected chi connectivity index (χ3v) is 4.25. The van der Waals surface area contributed by atoms with E-state index in [1.165, 1.54) is 4.57 Å². The highest BCUT2D eigenvalue weighted by Crippen LogP contribution is 2.27. The van der Waals surface area contributed by atoms with E-state index in [-0.39, 0.29) is 25.1 Å². The van der Waals surface area contributed by atoms with Gasteiger partial charge in [0.05, 0.1) is 18.9 Å². The van der Waals surface area contributed by atoms with Crippen LogP contribution in [0.1, 0.15) is 24.6 Å². The number of hydrogen-bond donors (Lipinski definition) is 0. The van der Waals surface area contributed by atoms with Crippen molar-refractivity contribution >= 4 is 18.1 Å². The molecule has 0 N–H and O–H groups in total. The molecule has 0 amide bonds. The zero-order chi connectivity index (χ0) is 19.9. The van der Waals surface area contributed by atoms with Crippen LogP contribution in [0, 0.1) is 0 Å². The van der Waals surface area contributed by atoms with Crippen molar-refractivity contribution in [2.75, 3.05) is 20.7 Å². The number of nitrogens with zero attached hydrogens (tertiary/aromatic N) is 4. The van der Waals surface area contributed by atoms with Crippen LogP contribution >= 0.6 is 0 Å². The largest absolute Gasteiger partial charge is 0.463 e. The van der Waals surface area contributed by atoms with Gasteiger partial charge in [-0.15, -0.1) is 0 Å². The fourth-order valence-corrected chi connectivity index (χ4v) is 2.88. The Morgan fingerprint density at radius 3 is 2.82 bits per heavy atom. The van der Waals surface area contributed by atoms with Crippen LogP contribution in [0.15, 0.2) is 52.4 Å². The lowest BCUT2D eigenvalue weighted by atomic mass is 10.1. The topological polar surface area (TPSA) is 86.0 Å². The zero-order valence-electron chi connectivity index (χ0n) is 16.0. The minimum Gasteiger partial charge on any atom is -0.463 e. The number of aliphatic imine (C=N–C) groups is 1. The van der Waals surface area contributed by atoms with Crippen molar-refractivity contribution in [2.45, 2.75) is 31.6 Å². The molecule has 1 saturated heterocycles. The van der Waals surface area contributed by atoms with Crippen molar-refractivity contribution in [3.63, 3.8) is 0 Å². The van der Waals surface area contributed by atoms with Crippen molar-refractivity contribution < 1.29 is 14.3 Å². The van der Waals surface area contributed by atoms with Gasteiger partial charge in [0, 0.05) is 20.3 Å². The highest BCUT2D eigenvalue weighted by molar-refractivity contribution is 5.72. The number of rotatable bonds is 7. The summed E-state index contributed by atoms with van der Waals surface area (Å²) in [6.45, 7) is 0.176. The Kier molecular flexibility index (Phi) is 6.54. The van der Waals surface area contributed by atoms with Gasteiger partial charge in [-0.05, 0) is 24.5 Å². The molecule has 0 aliphatic carbocycles. The summed E-state index contributed by atoms with van der Waals surface area (Å²) < 4.78 is 12.6. The second-order valence-corrected chi connectivity index (χ2v) is 6.82. The predicted molar refractivity (Wildman–Crippen MR) is 105 cm³/mol. The Morgan fingerprint density at radius 1 is 1.32 bits per heavy atom. The molecule has 1 fully saturated rings. The fraction of sp³-hybridized carbons (Fsp3) is 0.400. The minimum atomic E-state index is -0.417. The fourth-order valence-electron chi connectivity index (χ4n) is 2.88. The van der Waals surface area contributed by atoms with E-state index in [4.69, 9.17) is 9.47 Å². The molecule has 8 heteroatoms. The summed E-state index contributed by atoms with van der Waals surface area (Å²) in [5.74, 6) is 0.0551. The van der Waals surface area contributed by atoms with Crippen LogP contribution in [0.3, 0.4) is 0 Å². The van der Waals surface area contributed by atoms with Gasteiger partial charge in [-0.25, -0.2) is 9.79 Å². The number of benzene rings is 1. The van der Waals surface area contributed by atoms with Gasteiger partial charge in [-0.3, -0.25) is 9.36 Å². The molecule has 0 radical (unpaired) electrons. The summed E-state index contributed by atoms with van der Waals surface area (Å²) in [5.41, 5.74) is 0.493. The third kappa shape index (κ3) is 5.50. The summed E-state index contributed by atoms with van der Waals surface area (Å²) in [6, 6.07) is 11.1. The highest BCUT2D eigenvalue weighted by Gasteiger charge is 2.28. The lowest BCUT2D eigenvalue weighted by Crippen LogP contribution is -2.27. The maximum Gasteiger partial charge on any atom is 0.351 e. The molecule has 2 heterocycles. The van der Waals surface area contributed by atoms with Crippen LogP contribution in [-0.4, -0.2) is 53.6 Å². The number of carbonyl (C=O) groups is 1. The molecule has 1 aliphatic rings. The van der Waals surface area contributed by atoms with E-state index in [2.05, 4.69) is 9.98 Å². The Bertz CT molecular complexity index is 879. The van der Waals surface area contributed by atoms with Crippen molar-refractivity contribution in [3.05, 3.63) is 58.6 Å². The van der Waals surface area contributed by atoms with Crippen LogP contribution in [0.4, 0.5) is 5.82 Å². The second-order valence-electron chi connectivity index (χ2n) is 6.82. The van der Waals surface area contributed by atoms with Gasteiger partial charge in [0.1, 0.15) is 12.8 Å². The molecule has 1 aliphatic heterocycles. The molecule has 0 bridgehead atoms. The lowest BCUT2D eigenvalue weighted by Gasteiger charge is -2.16. The predicted octanol–water partition coefficient (Wildman–Crippen LogP) is 1.93. The molecule has 28 heavy (non-hydrogen) atoms. The molecule has 2 atom stereocenters. The quantitative estimate of drug-likeness (QED) is 0.412. The molecule has 0 spiro atoms. The van der Waals surface area contributed by atoms with E-state index in [1.807, 2.05) is 44.4 Å². The number of aromatic nitrogens is 2. The van der Waals surface area contributed by atoms with Crippen LogP contribution in [-0.2, 0) is 20.7 Å². The number of ether oxygens (including phenoxy) is 2. The Balaban J connectivity index is 1.51. The highest BCUT2D eigenvalue weighted by atomic mass is 16.6. The minimum absolute atomic E-state index is 0.176. The second kappa shape index (κ2) is 9.27. The summed E-state index contributed by atoms with van der Waals surface area (Å²) in [7, 11) is 3.67. The summed E-state index contributed by atoms with van der Waals surface area (Å²) in [6.07, 6.45) is 4.16. The van der Waals surface area contributed by atoms with Crippen LogP contribution in [0.5, 0.6) is 0 Å². The van der Waals surface area contributed by atoms with Gasteiger partial charge in [-0.2, -0.15) is 4.98 Å². The molecule has 8 nitrogen and oxygen atoms in total. The van der Waals surface area contributed by atoms with Crippen LogP contribution < -0.4 is 5.69 Å². The number of carbonyl (C=O) groups excluding carboxylic acids is 1. The van der Waals surface area contributed by atoms with E-state index in [1.54, 1.807) is 23.5 Å². The van der Waals surface area contributed by atoms with E-state index >= 15 is 0 Å². The SMILES string of the molecule is CN(C)/C=N/c1ccn([C@H]2CC[C@@H](COC(=O)Cc3ccccc3)O2)c(=O)n1.